The summed E-state index contributed by atoms with van der Waals surface area (Å²) in [6, 6.07) is 8.19. The second kappa shape index (κ2) is 8.28. The molecule has 1 N–H and O–H groups in total. The number of nitrogens with one attached hydrogen (secondary N) is 1. The SMILES string of the molecule is O=C(Nc1ccc2nc3n(c(=O)c2c1)CCC3)C1CCN(c2ccc3nnc(C(F)(F)F)n3n2)CC1. The van der Waals surface area contributed by atoms with Crippen LogP contribution < -0.4 is 15.8 Å². The monoisotopic (exact) mass is 498 g/mol. The number of piperidine rings is 1. The Hall–Kier alpha value is -4.03. The van der Waals surface area contributed by atoms with E-state index in [-0.39, 0.29) is 23.0 Å². The van der Waals surface area contributed by atoms with Crippen LogP contribution >= 0.6 is 0 Å². The van der Waals surface area contributed by atoms with Gasteiger partial charge in [-0.3, -0.25) is 14.2 Å². The van der Waals surface area contributed by atoms with Crippen LogP contribution in [-0.2, 0) is 23.9 Å². The number of alkyl halides is 3. The van der Waals surface area contributed by atoms with Crippen LogP contribution in [0.25, 0.3) is 16.6 Å². The van der Waals surface area contributed by atoms with Crippen molar-refractivity contribution in [2.24, 2.45) is 5.92 Å². The first kappa shape index (κ1) is 22.4. The van der Waals surface area contributed by atoms with Gasteiger partial charge in [0.25, 0.3) is 11.4 Å². The second-order valence-electron chi connectivity index (χ2n) is 9.05. The van der Waals surface area contributed by atoms with Crippen molar-refractivity contribution in [3.63, 3.8) is 0 Å². The second-order valence-corrected chi connectivity index (χ2v) is 9.05. The largest absolute Gasteiger partial charge is 0.453 e. The molecule has 0 unspecified atom stereocenters. The zero-order valence-electron chi connectivity index (χ0n) is 19.0. The first-order chi connectivity index (χ1) is 17.3. The topological polar surface area (TPSA) is 110 Å². The molecule has 6 rings (SSSR count). The van der Waals surface area contributed by atoms with E-state index >= 15 is 0 Å². The number of nitrogens with zero attached hydrogens (tertiary/aromatic N) is 7. The van der Waals surface area contributed by atoms with Crippen LogP contribution in [0.5, 0.6) is 0 Å². The van der Waals surface area contributed by atoms with Crippen molar-refractivity contribution in [2.45, 2.75) is 38.4 Å². The van der Waals surface area contributed by atoms with Crippen LogP contribution in [0.2, 0.25) is 0 Å². The number of hydrogen-bond donors (Lipinski definition) is 1. The fraction of sp³-hybridized carbons (Fsp3) is 0.391. The average Bonchev–Trinajstić information content (AvgIpc) is 3.51. The summed E-state index contributed by atoms with van der Waals surface area (Å²) in [5.41, 5.74) is 1.07. The highest BCUT2D eigenvalue weighted by molar-refractivity contribution is 5.95. The molecule has 10 nitrogen and oxygen atoms in total. The number of benzene rings is 1. The number of anilines is 2. The molecule has 1 fully saturated rings. The molecule has 1 saturated heterocycles. The third-order valence-electron chi connectivity index (χ3n) is 6.77. The number of rotatable bonds is 3. The highest BCUT2D eigenvalue weighted by Crippen LogP contribution is 2.29. The van der Waals surface area contributed by atoms with Gasteiger partial charge in [0.2, 0.25) is 5.91 Å². The Kier molecular flexibility index (Phi) is 5.16. The molecule has 0 saturated carbocycles. The summed E-state index contributed by atoms with van der Waals surface area (Å²) in [5.74, 6) is -0.459. The smallest absolute Gasteiger partial charge is 0.355 e. The molecule has 2 aliphatic heterocycles. The number of amides is 1. The fourth-order valence-corrected chi connectivity index (χ4v) is 4.90. The highest BCUT2D eigenvalue weighted by atomic mass is 19.4. The summed E-state index contributed by atoms with van der Waals surface area (Å²) >= 11 is 0. The molecule has 3 aromatic heterocycles. The molecular formula is C23H21F3N8O2. The van der Waals surface area contributed by atoms with Gasteiger partial charge in [0.15, 0.2) is 5.65 Å². The molecule has 5 heterocycles. The standard InChI is InChI=1S/C23H21F3N8O2/c24-23(25,26)22-30-29-18-5-6-19(31-34(18)22)32-10-7-13(8-11-32)20(35)27-14-3-4-16-15(12-14)21(36)33-9-1-2-17(33)28-16/h3-6,12-13H,1-2,7-11H2,(H,27,35). The van der Waals surface area contributed by atoms with Crippen molar-refractivity contribution in [1.82, 2.24) is 29.4 Å². The molecule has 0 aliphatic carbocycles. The van der Waals surface area contributed by atoms with Crippen molar-refractivity contribution < 1.29 is 18.0 Å². The summed E-state index contributed by atoms with van der Waals surface area (Å²) in [4.78, 5) is 32.1. The van der Waals surface area contributed by atoms with Gasteiger partial charge in [0, 0.05) is 37.7 Å². The molecule has 0 spiro atoms. The van der Waals surface area contributed by atoms with Gasteiger partial charge in [0.05, 0.1) is 10.9 Å². The Bertz CT molecular complexity index is 1550. The maximum atomic E-state index is 13.2. The van der Waals surface area contributed by atoms with Gasteiger partial charge in [-0.05, 0) is 49.6 Å². The van der Waals surface area contributed by atoms with Crippen LogP contribution in [0.3, 0.4) is 0 Å². The molecule has 13 heteroatoms. The first-order valence-corrected chi connectivity index (χ1v) is 11.7. The maximum Gasteiger partial charge on any atom is 0.453 e. The Balaban J connectivity index is 1.14. The zero-order valence-corrected chi connectivity index (χ0v) is 19.0. The third-order valence-corrected chi connectivity index (χ3v) is 6.77. The molecule has 36 heavy (non-hydrogen) atoms. The van der Waals surface area contributed by atoms with Gasteiger partial charge in [-0.2, -0.15) is 17.7 Å². The normalized spacial score (nSPS) is 16.6. The van der Waals surface area contributed by atoms with E-state index in [1.807, 2.05) is 4.90 Å². The number of carbonyl (C=O) groups is 1. The van der Waals surface area contributed by atoms with Crippen molar-refractivity contribution in [2.75, 3.05) is 23.3 Å². The predicted octanol–water partition coefficient (Wildman–Crippen LogP) is 2.65. The molecule has 0 atom stereocenters. The van der Waals surface area contributed by atoms with Crippen LogP contribution in [0.15, 0.2) is 35.1 Å². The van der Waals surface area contributed by atoms with E-state index in [9.17, 15) is 22.8 Å². The summed E-state index contributed by atoms with van der Waals surface area (Å²) in [5, 5.41) is 14.2. The minimum Gasteiger partial charge on any atom is -0.355 e. The number of halogens is 3. The van der Waals surface area contributed by atoms with Crippen LogP contribution in [-0.4, -0.2) is 48.4 Å². The Morgan fingerprint density at radius 2 is 1.86 bits per heavy atom. The lowest BCUT2D eigenvalue weighted by atomic mass is 9.95. The Labute approximate surface area is 201 Å². The lowest BCUT2D eigenvalue weighted by molar-refractivity contribution is -0.146. The molecular weight excluding hydrogens is 477 g/mol. The fourth-order valence-electron chi connectivity index (χ4n) is 4.90. The number of aromatic nitrogens is 6. The van der Waals surface area contributed by atoms with Crippen molar-refractivity contribution in [1.29, 1.82) is 0 Å². The van der Waals surface area contributed by atoms with Gasteiger partial charge in [-0.25, -0.2) is 4.98 Å². The number of aryl methyl sites for hydroxylation is 1. The minimum absolute atomic E-state index is 0.00974. The van der Waals surface area contributed by atoms with E-state index in [4.69, 9.17) is 0 Å². The van der Waals surface area contributed by atoms with Gasteiger partial charge in [-0.15, -0.1) is 15.3 Å². The molecule has 0 radical (unpaired) electrons. The molecule has 4 aromatic rings. The number of fused-ring (bicyclic) bond motifs is 3. The van der Waals surface area contributed by atoms with Gasteiger partial charge in [-0.1, -0.05) is 0 Å². The van der Waals surface area contributed by atoms with E-state index in [1.54, 1.807) is 28.8 Å². The van der Waals surface area contributed by atoms with E-state index < -0.39 is 12.0 Å². The lowest BCUT2D eigenvalue weighted by Gasteiger charge is -2.32. The van der Waals surface area contributed by atoms with E-state index in [0.717, 1.165) is 18.7 Å². The number of hydrogen-bond acceptors (Lipinski definition) is 7. The van der Waals surface area contributed by atoms with E-state index in [0.29, 0.717) is 59.4 Å². The molecule has 186 valence electrons. The average molecular weight is 498 g/mol. The maximum absolute atomic E-state index is 13.2. The minimum atomic E-state index is -4.67. The molecule has 1 amide bonds. The molecule has 0 bridgehead atoms. The van der Waals surface area contributed by atoms with Gasteiger partial charge >= 0.3 is 6.18 Å². The summed E-state index contributed by atoms with van der Waals surface area (Å²) in [7, 11) is 0. The number of carbonyl (C=O) groups excluding carboxylic acids is 1. The predicted molar refractivity (Wildman–Crippen MR) is 124 cm³/mol. The first-order valence-electron chi connectivity index (χ1n) is 11.7. The zero-order chi connectivity index (χ0) is 25.0. The van der Waals surface area contributed by atoms with Crippen molar-refractivity contribution >= 4 is 34.0 Å². The highest BCUT2D eigenvalue weighted by Gasteiger charge is 2.38. The van der Waals surface area contributed by atoms with Gasteiger partial charge in [0.1, 0.15) is 11.6 Å². The Morgan fingerprint density at radius 1 is 1.06 bits per heavy atom. The van der Waals surface area contributed by atoms with Crippen LogP contribution in [0.1, 0.15) is 30.9 Å². The summed E-state index contributed by atoms with van der Waals surface area (Å²) in [6.07, 6.45) is -1.97. The van der Waals surface area contributed by atoms with Crippen molar-refractivity contribution in [3.8, 4) is 0 Å². The summed E-state index contributed by atoms with van der Waals surface area (Å²) in [6.45, 7) is 1.56. The molecule has 1 aromatic carbocycles. The Morgan fingerprint density at radius 3 is 2.64 bits per heavy atom. The molecule has 2 aliphatic rings. The van der Waals surface area contributed by atoms with Crippen molar-refractivity contribution in [3.05, 3.63) is 52.3 Å². The van der Waals surface area contributed by atoms with E-state index in [1.165, 1.54) is 6.07 Å². The van der Waals surface area contributed by atoms with Crippen LogP contribution in [0.4, 0.5) is 24.7 Å². The quantitative estimate of drug-likeness (QED) is 0.462. The summed E-state index contributed by atoms with van der Waals surface area (Å²) < 4.78 is 41.9. The third kappa shape index (κ3) is 3.84. The van der Waals surface area contributed by atoms with Gasteiger partial charge < -0.3 is 10.2 Å². The lowest BCUT2D eigenvalue weighted by Crippen LogP contribution is -2.38. The van der Waals surface area contributed by atoms with E-state index in [2.05, 4.69) is 25.6 Å². The van der Waals surface area contributed by atoms with Crippen LogP contribution in [0, 0.1) is 5.92 Å².